The van der Waals surface area contributed by atoms with Gasteiger partial charge in [0.15, 0.2) is 10.1 Å². The molecule has 2 unspecified atom stereocenters. The fraction of sp³-hybridized carbons (Fsp3) is 0.100. The van der Waals surface area contributed by atoms with Gasteiger partial charge in [-0.05, 0) is 47.1 Å². The standard InChI is InChI=1S/C30H27N3O5S/c34-28(35)19-27(22-12-5-2-6-13-22)39(38)26-17-8-7-16-25(26)33-29(36)23-14-9-15-24(18-23)32-30(37)31-20-21-10-3-1-4-11-21/h1-18,27H,19-20H2,(H,33,36)(H,34,35)(H2,31,32,37). The van der Waals surface area contributed by atoms with Gasteiger partial charge in [-0.1, -0.05) is 78.9 Å². The number of hydrogen-bond donors (Lipinski definition) is 4. The maximum atomic E-state index is 13.6. The highest BCUT2D eigenvalue weighted by Crippen LogP contribution is 2.35. The monoisotopic (exact) mass is 541 g/mol. The smallest absolute Gasteiger partial charge is 0.319 e. The Balaban J connectivity index is 1.47. The van der Waals surface area contributed by atoms with Crippen LogP contribution in [0.1, 0.15) is 33.2 Å². The summed E-state index contributed by atoms with van der Waals surface area (Å²) in [5, 5.41) is 16.9. The minimum absolute atomic E-state index is 0.279. The Labute approximate surface area is 229 Å². The van der Waals surface area contributed by atoms with E-state index in [9.17, 15) is 24.0 Å². The Morgan fingerprint density at radius 3 is 2.18 bits per heavy atom. The van der Waals surface area contributed by atoms with Crippen molar-refractivity contribution in [2.45, 2.75) is 23.1 Å². The Morgan fingerprint density at radius 2 is 1.46 bits per heavy atom. The van der Waals surface area contributed by atoms with Crippen LogP contribution in [0.25, 0.3) is 0 Å². The molecule has 0 heterocycles. The molecular formula is C30H27N3O5S. The molecule has 198 valence electrons. The summed E-state index contributed by atoms with van der Waals surface area (Å²) in [6, 6.07) is 30.9. The molecule has 3 amide bonds. The van der Waals surface area contributed by atoms with E-state index in [1.54, 1.807) is 72.8 Å². The molecule has 0 aromatic heterocycles. The first-order valence-electron chi connectivity index (χ1n) is 12.2. The molecule has 0 saturated carbocycles. The van der Waals surface area contributed by atoms with Gasteiger partial charge in [-0.15, -0.1) is 0 Å². The summed E-state index contributed by atoms with van der Waals surface area (Å²) in [7, 11) is 0. The van der Waals surface area contributed by atoms with E-state index in [1.807, 2.05) is 30.3 Å². The lowest BCUT2D eigenvalue weighted by Gasteiger charge is -2.22. The van der Waals surface area contributed by atoms with Crippen LogP contribution in [0.4, 0.5) is 16.2 Å². The number of carboxylic acid groups (broad SMARTS) is 1. The first-order chi connectivity index (χ1) is 18.9. The lowest BCUT2D eigenvalue weighted by atomic mass is 10.1. The van der Waals surface area contributed by atoms with Gasteiger partial charge in [0.25, 0.3) is 5.91 Å². The molecular weight excluding hydrogens is 514 g/mol. The summed E-state index contributed by atoms with van der Waals surface area (Å²) >= 11 is -1.77. The number of carboxylic acids is 1. The minimum Gasteiger partial charge on any atom is -0.611 e. The lowest BCUT2D eigenvalue weighted by molar-refractivity contribution is -0.137. The predicted molar refractivity (Wildman–Crippen MR) is 151 cm³/mol. The maximum absolute atomic E-state index is 13.6. The van der Waals surface area contributed by atoms with Crippen LogP contribution < -0.4 is 16.0 Å². The molecule has 0 radical (unpaired) electrons. The topological polar surface area (TPSA) is 131 Å². The van der Waals surface area contributed by atoms with Crippen LogP contribution in [0.5, 0.6) is 0 Å². The van der Waals surface area contributed by atoms with Crippen molar-refractivity contribution in [3.8, 4) is 0 Å². The zero-order chi connectivity index (χ0) is 27.6. The molecule has 0 aliphatic rings. The average molecular weight is 542 g/mol. The van der Waals surface area contributed by atoms with Gasteiger partial charge >= 0.3 is 12.0 Å². The first-order valence-corrected chi connectivity index (χ1v) is 13.4. The van der Waals surface area contributed by atoms with Crippen LogP contribution in [0, 0.1) is 0 Å². The van der Waals surface area contributed by atoms with Crippen molar-refractivity contribution in [3.05, 3.63) is 126 Å². The van der Waals surface area contributed by atoms with Crippen LogP contribution in [-0.4, -0.2) is 27.6 Å². The Morgan fingerprint density at radius 1 is 0.795 bits per heavy atom. The molecule has 4 aromatic carbocycles. The van der Waals surface area contributed by atoms with E-state index in [-0.39, 0.29) is 12.0 Å². The fourth-order valence-electron chi connectivity index (χ4n) is 3.93. The number of carbonyl (C=O) groups excluding carboxylic acids is 2. The summed E-state index contributed by atoms with van der Waals surface area (Å²) in [6.45, 7) is 0.354. The molecule has 0 fully saturated rings. The van der Waals surface area contributed by atoms with Gasteiger partial charge < -0.3 is 25.6 Å². The number of rotatable bonds is 10. The third-order valence-electron chi connectivity index (χ3n) is 5.82. The van der Waals surface area contributed by atoms with E-state index >= 15 is 0 Å². The predicted octanol–water partition coefficient (Wildman–Crippen LogP) is 5.58. The second-order valence-corrected chi connectivity index (χ2v) is 10.2. The van der Waals surface area contributed by atoms with Gasteiger partial charge in [0.05, 0.1) is 12.1 Å². The summed E-state index contributed by atoms with van der Waals surface area (Å²) < 4.78 is 13.6. The van der Waals surface area contributed by atoms with Crippen molar-refractivity contribution < 1.29 is 24.0 Å². The number of para-hydroxylation sites is 1. The minimum atomic E-state index is -1.77. The number of aliphatic carboxylic acids is 1. The number of urea groups is 1. The van der Waals surface area contributed by atoms with Crippen LogP contribution >= 0.6 is 0 Å². The number of hydrogen-bond acceptors (Lipinski definition) is 4. The third-order valence-corrected chi connectivity index (χ3v) is 7.57. The van der Waals surface area contributed by atoms with Crippen molar-refractivity contribution in [2.75, 3.05) is 10.6 Å². The first kappa shape index (κ1) is 27.4. The zero-order valence-corrected chi connectivity index (χ0v) is 21.7. The van der Waals surface area contributed by atoms with Crippen LogP contribution in [0.3, 0.4) is 0 Å². The van der Waals surface area contributed by atoms with Gasteiger partial charge in [0, 0.05) is 23.4 Å². The number of amides is 3. The molecule has 39 heavy (non-hydrogen) atoms. The SMILES string of the molecule is O=C(O)CC(c1ccccc1)[S+]([O-])c1ccccc1NC(=O)c1cccc(NC(=O)NCc2ccccc2)c1. The zero-order valence-electron chi connectivity index (χ0n) is 20.9. The quantitative estimate of drug-likeness (QED) is 0.195. The highest BCUT2D eigenvalue weighted by molar-refractivity contribution is 7.91. The normalized spacial score (nSPS) is 12.1. The average Bonchev–Trinajstić information content (AvgIpc) is 2.96. The van der Waals surface area contributed by atoms with Gasteiger partial charge in [-0.2, -0.15) is 0 Å². The maximum Gasteiger partial charge on any atom is 0.319 e. The molecule has 0 spiro atoms. The summed E-state index contributed by atoms with van der Waals surface area (Å²) in [6.07, 6.45) is -0.334. The van der Waals surface area contributed by atoms with E-state index in [4.69, 9.17) is 0 Å². The largest absolute Gasteiger partial charge is 0.611 e. The van der Waals surface area contributed by atoms with Crippen molar-refractivity contribution in [3.63, 3.8) is 0 Å². The van der Waals surface area contributed by atoms with Gasteiger partial charge in [-0.3, -0.25) is 9.59 Å². The van der Waals surface area contributed by atoms with Gasteiger partial charge in [0.2, 0.25) is 0 Å². The second-order valence-electron chi connectivity index (χ2n) is 8.62. The van der Waals surface area contributed by atoms with E-state index < -0.39 is 34.3 Å². The van der Waals surface area contributed by atoms with Crippen LogP contribution in [-0.2, 0) is 22.5 Å². The molecule has 0 aliphatic carbocycles. The van der Waals surface area contributed by atoms with Crippen LogP contribution in [0.2, 0.25) is 0 Å². The van der Waals surface area contributed by atoms with Crippen molar-refractivity contribution in [1.29, 1.82) is 0 Å². The van der Waals surface area contributed by atoms with E-state index in [2.05, 4.69) is 16.0 Å². The van der Waals surface area contributed by atoms with E-state index in [1.165, 1.54) is 6.07 Å². The summed E-state index contributed by atoms with van der Waals surface area (Å²) in [5.41, 5.74) is 2.60. The third kappa shape index (κ3) is 7.70. The van der Waals surface area contributed by atoms with E-state index in [0.29, 0.717) is 28.4 Å². The van der Waals surface area contributed by atoms with Crippen molar-refractivity contribution >= 4 is 40.5 Å². The van der Waals surface area contributed by atoms with Gasteiger partial charge in [-0.25, -0.2) is 4.79 Å². The van der Waals surface area contributed by atoms with Crippen LogP contribution in [0.15, 0.2) is 114 Å². The van der Waals surface area contributed by atoms with Crippen molar-refractivity contribution in [2.24, 2.45) is 0 Å². The molecule has 4 aromatic rings. The molecule has 4 rings (SSSR count). The number of nitrogens with one attached hydrogen (secondary N) is 3. The second kappa shape index (κ2) is 13.3. The summed E-state index contributed by atoms with van der Waals surface area (Å²) in [4.78, 5) is 37.3. The molecule has 0 saturated heterocycles. The molecule has 9 heteroatoms. The highest BCUT2D eigenvalue weighted by Gasteiger charge is 2.31. The molecule has 4 N–H and O–H groups in total. The molecule has 0 bridgehead atoms. The molecule has 0 aliphatic heterocycles. The number of benzene rings is 4. The Hall–Kier alpha value is -4.60. The summed E-state index contributed by atoms with van der Waals surface area (Å²) in [5.74, 6) is -1.54. The highest BCUT2D eigenvalue weighted by atomic mass is 32.2. The Kier molecular flexibility index (Phi) is 9.34. The number of anilines is 2. The lowest BCUT2D eigenvalue weighted by Crippen LogP contribution is -2.28. The Bertz CT molecular complexity index is 1430. The number of carbonyl (C=O) groups is 3. The van der Waals surface area contributed by atoms with E-state index in [0.717, 1.165) is 5.56 Å². The van der Waals surface area contributed by atoms with Gasteiger partial charge in [0.1, 0.15) is 0 Å². The van der Waals surface area contributed by atoms with Crippen molar-refractivity contribution in [1.82, 2.24) is 5.32 Å². The molecule has 2 atom stereocenters. The fourth-order valence-corrected chi connectivity index (χ4v) is 5.48. The molecule has 8 nitrogen and oxygen atoms in total.